The van der Waals surface area contributed by atoms with Crippen molar-refractivity contribution >= 4 is 21.4 Å². The first kappa shape index (κ1) is 17.4. The van der Waals surface area contributed by atoms with Gasteiger partial charge in [-0.3, -0.25) is 15.8 Å². The second-order valence-corrected chi connectivity index (χ2v) is 8.69. The molecule has 130 valence electrons. The van der Waals surface area contributed by atoms with E-state index < -0.39 is 15.3 Å². The van der Waals surface area contributed by atoms with Crippen LogP contribution in [-0.4, -0.2) is 42.3 Å². The number of thiazole rings is 1. The number of aromatic nitrogens is 2. The zero-order chi connectivity index (χ0) is 17.2. The third-order valence-electron chi connectivity index (χ3n) is 4.03. The molecule has 24 heavy (non-hydrogen) atoms. The topological polar surface area (TPSA) is 96.0 Å². The molecule has 1 aliphatic rings. The fraction of sp³-hybridized carbons (Fsp3) is 0.467. The molecule has 0 aliphatic carbocycles. The van der Waals surface area contributed by atoms with Crippen LogP contribution < -0.4 is 15.6 Å². The Labute approximate surface area is 145 Å². The molecule has 0 spiro atoms. The van der Waals surface area contributed by atoms with Gasteiger partial charge in [0.1, 0.15) is 10.3 Å². The summed E-state index contributed by atoms with van der Waals surface area (Å²) < 4.78 is 27.6. The first-order valence-corrected chi connectivity index (χ1v) is 10.2. The lowest BCUT2D eigenvalue weighted by atomic mass is 10.2. The van der Waals surface area contributed by atoms with Crippen molar-refractivity contribution < 1.29 is 8.42 Å². The maximum absolute atomic E-state index is 12.5. The SMILES string of the molecule is CC1NNC(C)C1S(=O)(=O)NCCc1csc(-c2cccnc2)n1. The Morgan fingerprint density at radius 1 is 1.29 bits per heavy atom. The fourth-order valence-corrected chi connectivity index (χ4v) is 5.49. The standard InChI is InChI=1S/C15H21N5O2S2/c1-10-14(11(2)20-19-10)24(21,22)17-7-5-13-9-23-15(18-13)12-4-3-6-16-8-12/h3-4,6,8-11,14,17,19-20H,5,7H2,1-2H3. The van der Waals surface area contributed by atoms with Crippen LogP contribution in [0, 0.1) is 0 Å². The molecule has 0 saturated carbocycles. The highest BCUT2D eigenvalue weighted by molar-refractivity contribution is 7.90. The Hall–Kier alpha value is -1.39. The van der Waals surface area contributed by atoms with Gasteiger partial charge >= 0.3 is 0 Å². The lowest BCUT2D eigenvalue weighted by Crippen LogP contribution is -2.45. The Morgan fingerprint density at radius 3 is 2.71 bits per heavy atom. The minimum absolute atomic E-state index is 0.131. The van der Waals surface area contributed by atoms with Crippen LogP contribution >= 0.6 is 11.3 Å². The van der Waals surface area contributed by atoms with E-state index in [4.69, 9.17) is 0 Å². The van der Waals surface area contributed by atoms with E-state index in [0.717, 1.165) is 16.3 Å². The largest absolute Gasteiger partial charge is 0.264 e. The molecule has 7 nitrogen and oxygen atoms in total. The number of pyridine rings is 1. The quantitative estimate of drug-likeness (QED) is 0.703. The number of sulfonamides is 1. The van der Waals surface area contributed by atoms with Gasteiger partial charge in [0.15, 0.2) is 0 Å². The normalized spacial score (nSPS) is 24.3. The molecule has 0 bridgehead atoms. The van der Waals surface area contributed by atoms with Crippen molar-refractivity contribution in [2.75, 3.05) is 6.54 Å². The van der Waals surface area contributed by atoms with Crippen LogP contribution in [0.4, 0.5) is 0 Å². The average Bonchev–Trinajstić information content (AvgIpc) is 3.15. The number of rotatable bonds is 6. The second-order valence-electron chi connectivity index (χ2n) is 5.91. The summed E-state index contributed by atoms with van der Waals surface area (Å²) in [6, 6.07) is 3.57. The minimum Gasteiger partial charge on any atom is -0.264 e. The second kappa shape index (κ2) is 7.24. The van der Waals surface area contributed by atoms with Crippen LogP contribution in [0.5, 0.6) is 0 Å². The fourth-order valence-electron chi connectivity index (χ4n) is 2.86. The Morgan fingerprint density at radius 2 is 2.04 bits per heavy atom. The van der Waals surface area contributed by atoms with E-state index in [1.165, 1.54) is 11.3 Å². The first-order valence-electron chi connectivity index (χ1n) is 7.82. The molecule has 2 atom stereocenters. The van der Waals surface area contributed by atoms with Crippen LogP contribution in [0.25, 0.3) is 10.6 Å². The molecule has 9 heteroatoms. The van der Waals surface area contributed by atoms with Crippen molar-refractivity contribution in [3.05, 3.63) is 35.6 Å². The summed E-state index contributed by atoms with van der Waals surface area (Å²) >= 11 is 1.54. The van der Waals surface area contributed by atoms with E-state index in [-0.39, 0.29) is 12.1 Å². The summed E-state index contributed by atoms with van der Waals surface area (Å²) in [6.45, 7) is 4.07. The summed E-state index contributed by atoms with van der Waals surface area (Å²) in [5.41, 5.74) is 7.79. The molecule has 1 fully saturated rings. The van der Waals surface area contributed by atoms with Crippen molar-refractivity contribution in [2.24, 2.45) is 0 Å². The van der Waals surface area contributed by atoms with E-state index >= 15 is 0 Å². The molecule has 1 saturated heterocycles. The predicted octanol–water partition coefficient (Wildman–Crippen LogP) is 0.920. The van der Waals surface area contributed by atoms with E-state index in [9.17, 15) is 8.42 Å². The van der Waals surface area contributed by atoms with Crippen molar-refractivity contribution in [2.45, 2.75) is 37.6 Å². The summed E-state index contributed by atoms with van der Waals surface area (Å²) in [6.07, 6.45) is 4.06. The van der Waals surface area contributed by atoms with Crippen LogP contribution in [0.1, 0.15) is 19.5 Å². The predicted molar refractivity (Wildman–Crippen MR) is 95.0 cm³/mol. The van der Waals surface area contributed by atoms with Crippen LogP contribution in [-0.2, 0) is 16.4 Å². The van der Waals surface area contributed by atoms with E-state index in [1.807, 2.05) is 31.4 Å². The van der Waals surface area contributed by atoms with Crippen LogP contribution in [0.2, 0.25) is 0 Å². The summed E-state index contributed by atoms with van der Waals surface area (Å²) in [5.74, 6) is 0. The molecule has 2 aromatic rings. The Bertz CT molecular complexity index is 768. The van der Waals surface area contributed by atoms with Gasteiger partial charge in [0.05, 0.1) is 5.69 Å². The van der Waals surface area contributed by atoms with Crippen molar-refractivity contribution in [1.82, 2.24) is 25.5 Å². The maximum Gasteiger partial charge on any atom is 0.217 e. The van der Waals surface area contributed by atoms with E-state index in [0.29, 0.717) is 13.0 Å². The lowest BCUT2D eigenvalue weighted by molar-refractivity contribution is 0.545. The smallest absolute Gasteiger partial charge is 0.217 e. The van der Waals surface area contributed by atoms with Gasteiger partial charge in [0.2, 0.25) is 10.0 Å². The number of nitrogens with one attached hydrogen (secondary N) is 3. The molecular weight excluding hydrogens is 346 g/mol. The number of nitrogens with zero attached hydrogens (tertiary/aromatic N) is 2. The lowest BCUT2D eigenvalue weighted by Gasteiger charge is -2.18. The van der Waals surface area contributed by atoms with Gasteiger partial charge in [-0.2, -0.15) is 0 Å². The summed E-state index contributed by atoms with van der Waals surface area (Å²) in [7, 11) is -3.38. The molecule has 0 aromatic carbocycles. The monoisotopic (exact) mass is 367 g/mol. The zero-order valence-electron chi connectivity index (χ0n) is 13.6. The molecule has 0 radical (unpaired) electrons. The van der Waals surface area contributed by atoms with Gasteiger partial charge in [-0.05, 0) is 26.0 Å². The number of hydrogen-bond donors (Lipinski definition) is 3. The summed E-state index contributed by atoms with van der Waals surface area (Å²) in [4.78, 5) is 8.63. The van der Waals surface area contributed by atoms with E-state index in [2.05, 4.69) is 25.5 Å². The van der Waals surface area contributed by atoms with Crippen molar-refractivity contribution in [1.29, 1.82) is 0 Å². The van der Waals surface area contributed by atoms with Gasteiger partial charge in [-0.1, -0.05) is 0 Å². The molecule has 3 rings (SSSR count). The molecule has 0 amide bonds. The highest BCUT2D eigenvalue weighted by atomic mass is 32.2. The number of hydrogen-bond acceptors (Lipinski definition) is 7. The Kier molecular flexibility index (Phi) is 5.26. The third-order valence-corrected chi connectivity index (χ3v) is 7.11. The van der Waals surface area contributed by atoms with Gasteiger partial charge < -0.3 is 0 Å². The van der Waals surface area contributed by atoms with Crippen molar-refractivity contribution in [3.8, 4) is 10.6 Å². The highest BCUT2D eigenvalue weighted by Gasteiger charge is 2.39. The van der Waals surface area contributed by atoms with Crippen molar-refractivity contribution in [3.63, 3.8) is 0 Å². The van der Waals surface area contributed by atoms with E-state index in [1.54, 1.807) is 12.4 Å². The highest BCUT2D eigenvalue weighted by Crippen LogP contribution is 2.22. The van der Waals surface area contributed by atoms with Crippen LogP contribution in [0.3, 0.4) is 0 Å². The average molecular weight is 368 g/mol. The molecule has 3 heterocycles. The molecule has 2 aromatic heterocycles. The first-order chi connectivity index (χ1) is 11.5. The molecule has 2 unspecified atom stereocenters. The maximum atomic E-state index is 12.5. The van der Waals surface area contributed by atoms with Gasteiger partial charge in [-0.15, -0.1) is 11.3 Å². The summed E-state index contributed by atoms with van der Waals surface area (Å²) in [5, 5.41) is 2.37. The van der Waals surface area contributed by atoms with Gasteiger partial charge in [-0.25, -0.2) is 18.1 Å². The number of hydrazine groups is 1. The van der Waals surface area contributed by atoms with Gasteiger partial charge in [0.25, 0.3) is 0 Å². The Balaban J connectivity index is 1.58. The molecular formula is C15H21N5O2S2. The third kappa shape index (κ3) is 3.81. The van der Waals surface area contributed by atoms with Gasteiger partial charge in [0, 0.05) is 48.4 Å². The molecule has 1 aliphatic heterocycles. The molecule has 3 N–H and O–H groups in total. The zero-order valence-corrected chi connectivity index (χ0v) is 15.2. The minimum atomic E-state index is -3.38. The van der Waals surface area contributed by atoms with Crippen LogP contribution in [0.15, 0.2) is 29.9 Å².